The average Bonchev–Trinajstić information content (AvgIpc) is 3.65. The lowest BCUT2D eigenvalue weighted by Crippen LogP contribution is -2.31. The third-order valence-corrected chi connectivity index (χ3v) is 6.77. The molecule has 2 heterocycles. The van der Waals surface area contributed by atoms with E-state index >= 15 is 0 Å². The Morgan fingerprint density at radius 2 is 1.59 bits per heavy atom. The number of hydrogen-bond acceptors (Lipinski definition) is 3. The van der Waals surface area contributed by atoms with E-state index in [9.17, 15) is 0 Å². The lowest BCUT2D eigenvalue weighted by molar-refractivity contribution is 0.264. The Morgan fingerprint density at radius 3 is 2.16 bits per heavy atom. The van der Waals surface area contributed by atoms with Gasteiger partial charge in [-0.3, -0.25) is 4.98 Å². The zero-order valence-corrected chi connectivity index (χ0v) is 20.8. The highest BCUT2D eigenvalue weighted by Gasteiger charge is 2.27. The Morgan fingerprint density at radius 1 is 0.938 bits per heavy atom. The fourth-order valence-corrected chi connectivity index (χ4v) is 4.86. The van der Waals surface area contributed by atoms with Gasteiger partial charge in [-0.2, -0.15) is 0 Å². The highest BCUT2D eigenvalue weighted by Crippen LogP contribution is 2.32. The van der Waals surface area contributed by atoms with E-state index in [1.165, 1.54) is 62.7 Å². The van der Waals surface area contributed by atoms with Gasteiger partial charge in [0.05, 0.1) is 11.4 Å². The van der Waals surface area contributed by atoms with Gasteiger partial charge in [-0.25, -0.2) is 0 Å². The molecule has 174 valence electrons. The fourth-order valence-electron chi connectivity index (χ4n) is 4.86. The van der Waals surface area contributed by atoms with Gasteiger partial charge in [0.2, 0.25) is 0 Å². The number of pyridine rings is 1. The monoisotopic (exact) mass is 433 g/mol. The number of nitrogens with zero attached hydrogens (tertiary/aromatic N) is 3. The molecular formula is C29H43N3. The third kappa shape index (κ3) is 6.93. The minimum atomic E-state index is 0.677. The van der Waals surface area contributed by atoms with Crippen LogP contribution >= 0.6 is 0 Å². The van der Waals surface area contributed by atoms with Crippen molar-refractivity contribution in [3.8, 4) is 0 Å². The second-order valence-corrected chi connectivity index (χ2v) is 9.50. The topological polar surface area (TPSA) is 19.4 Å². The van der Waals surface area contributed by atoms with Crippen molar-refractivity contribution in [1.82, 2.24) is 14.8 Å². The van der Waals surface area contributed by atoms with Crippen LogP contribution in [0.5, 0.6) is 0 Å². The summed E-state index contributed by atoms with van der Waals surface area (Å²) in [4.78, 5) is 9.62. The SMILES string of the molecule is C=C(c1cccc(C)n1)N1CCC(c2ccccc2C)CC1.CCCN(CCC)C1CC1. The molecule has 3 heteroatoms. The normalized spacial score (nSPS) is 16.6. The van der Waals surface area contributed by atoms with Gasteiger partial charge in [0.1, 0.15) is 0 Å². The number of benzene rings is 1. The summed E-state index contributed by atoms with van der Waals surface area (Å²) < 4.78 is 0. The molecule has 1 aliphatic heterocycles. The van der Waals surface area contributed by atoms with Gasteiger partial charge in [-0.15, -0.1) is 0 Å². The van der Waals surface area contributed by atoms with Gasteiger partial charge in [0, 0.05) is 24.8 Å². The van der Waals surface area contributed by atoms with Crippen LogP contribution in [0.3, 0.4) is 0 Å². The van der Waals surface area contributed by atoms with Crippen LogP contribution in [-0.2, 0) is 0 Å². The first-order valence-electron chi connectivity index (χ1n) is 12.7. The van der Waals surface area contributed by atoms with E-state index in [1.54, 1.807) is 0 Å². The summed E-state index contributed by atoms with van der Waals surface area (Å²) >= 11 is 0. The molecule has 0 amide bonds. The first-order chi connectivity index (χ1) is 15.5. The van der Waals surface area contributed by atoms with Crippen molar-refractivity contribution < 1.29 is 0 Å². The second-order valence-electron chi connectivity index (χ2n) is 9.50. The zero-order valence-electron chi connectivity index (χ0n) is 20.8. The first-order valence-corrected chi connectivity index (χ1v) is 12.7. The summed E-state index contributed by atoms with van der Waals surface area (Å²) in [6.45, 7) is 17.8. The molecule has 3 nitrogen and oxygen atoms in total. The van der Waals surface area contributed by atoms with E-state index in [-0.39, 0.29) is 0 Å². The highest BCUT2D eigenvalue weighted by molar-refractivity contribution is 5.58. The number of likely N-dealkylation sites (tertiary alicyclic amines) is 1. The molecule has 2 fully saturated rings. The van der Waals surface area contributed by atoms with Crippen molar-refractivity contribution in [3.63, 3.8) is 0 Å². The summed E-state index contributed by atoms with van der Waals surface area (Å²) in [6.07, 6.45) is 7.93. The number of piperidine rings is 1. The molecular weight excluding hydrogens is 390 g/mol. The largest absolute Gasteiger partial charge is 0.370 e. The first kappa shape index (κ1) is 24.5. The predicted molar refractivity (Wildman–Crippen MR) is 138 cm³/mol. The van der Waals surface area contributed by atoms with Gasteiger partial charge in [-0.1, -0.05) is 50.8 Å². The van der Waals surface area contributed by atoms with E-state index < -0.39 is 0 Å². The Balaban J connectivity index is 0.000000243. The van der Waals surface area contributed by atoms with E-state index in [4.69, 9.17) is 0 Å². The molecule has 0 N–H and O–H groups in total. The summed E-state index contributed by atoms with van der Waals surface area (Å²) in [7, 11) is 0. The smallest absolute Gasteiger partial charge is 0.0860 e. The number of aryl methyl sites for hydroxylation is 2. The molecule has 32 heavy (non-hydrogen) atoms. The lowest BCUT2D eigenvalue weighted by atomic mass is 9.86. The van der Waals surface area contributed by atoms with Crippen LogP contribution in [0.4, 0.5) is 0 Å². The second kappa shape index (κ2) is 12.2. The molecule has 1 saturated heterocycles. The third-order valence-electron chi connectivity index (χ3n) is 6.77. The fraction of sp³-hybridized carbons (Fsp3) is 0.552. The standard InChI is InChI=1S/C20H24N2.C9H19N/c1-15-7-4-5-9-19(15)18-11-13-22(14-12-18)17(3)20-10-6-8-16(2)21-20;1-3-7-10(8-4-2)9-5-6-9/h4-10,18H,3,11-14H2,1-2H3;9H,3-8H2,1-2H3. The van der Waals surface area contributed by atoms with Gasteiger partial charge in [-0.05, 0) is 94.6 Å². The van der Waals surface area contributed by atoms with Crippen molar-refractivity contribution in [2.75, 3.05) is 26.2 Å². The van der Waals surface area contributed by atoms with Crippen molar-refractivity contribution in [1.29, 1.82) is 0 Å². The highest BCUT2D eigenvalue weighted by atomic mass is 15.2. The van der Waals surface area contributed by atoms with E-state index in [0.29, 0.717) is 5.92 Å². The van der Waals surface area contributed by atoms with Crippen molar-refractivity contribution in [2.24, 2.45) is 0 Å². The molecule has 1 aliphatic carbocycles. The molecule has 4 rings (SSSR count). The number of aromatic nitrogens is 1. The van der Waals surface area contributed by atoms with Crippen molar-refractivity contribution in [2.45, 2.75) is 78.2 Å². The van der Waals surface area contributed by atoms with Gasteiger partial charge >= 0.3 is 0 Å². The molecule has 1 saturated carbocycles. The van der Waals surface area contributed by atoms with Crippen molar-refractivity contribution in [3.05, 3.63) is 71.6 Å². The summed E-state index contributed by atoms with van der Waals surface area (Å²) in [5, 5.41) is 0. The maximum absolute atomic E-state index is 4.60. The van der Waals surface area contributed by atoms with Crippen LogP contribution in [0.2, 0.25) is 0 Å². The van der Waals surface area contributed by atoms with Crippen molar-refractivity contribution >= 4 is 5.70 Å². The van der Waals surface area contributed by atoms with Gasteiger partial charge in [0.25, 0.3) is 0 Å². The van der Waals surface area contributed by atoms with Crippen LogP contribution in [0.25, 0.3) is 5.70 Å². The predicted octanol–water partition coefficient (Wildman–Crippen LogP) is 6.82. The van der Waals surface area contributed by atoms with Crippen LogP contribution < -0.4 is 0 Å². The molecule has 2 aliphatic rings. The van der Waals surface area contributed by atoms with E-state index in [1.807, 2.05) is 13.0 Å². The average molecular weight is 434 g/mol. The summed E-state index contributed by atoms with van der Waals surface area (Å²) in [5.41, 5.74) is 6.05. The van der Waals surface area contributed by atoms with E-state index in [0.717, 1.165) is 36.2 Å². The van der Waals surface area contributed by atoms with E-state index in [2.05, 4.69) is 78.5 Å². The zero-order chi connectivity index (χ0) is 22.9. The molecule has 0 atom stereocenters. The molecule has 1 aromatic heterocycles. The lowest BCUT2D eigenvalue weighted by Gasteiger charge is -2.35. The molecule has 1 aromatic carbocycles. The van der Waals surface area contributed by atoms with Crippen LogP contribution in [0.1, 0.15) is 80.8 Å². The van der Waals surface area contributed by atoms with Crippen LogP contribution in [0, 0.1) is 13.8 Å². The number of hydrogen-bond donors (Lipinski definition) is 0. The Kier molecular flexibility index (Phi) is 9.35. The molecule has 0 unspecified atom stereocenters. The molecule has 2 aromatic rings. The maximum Gasteiger partial charge on any atom is 0.0860 e. The summed E-state index contributed by atoms with van der Waals surface area (Å²) in [6, 6.07) is 15.9. The van der Waals surface area contributed by atoms with Crippen LogP contribution in [0.15, 0.2) is 49.0 Å². The van der Waals surface area contributed by atoms with Gasteiger partial charge < -0.3 is 9.80 Å². The maximum atomic E-state index is 4.60. The Hall–Kier alpha value is -2.13. The minimum Gasteiger partial charge on any atom is -0.370 e. The van der Waals surface area contributed by atoms with Crippen LogP contribution in [-0.4, -0.2) is 47.0 Å². The Labute approximate surface area is 196 Å². The molecule has 0 bridgehead atoms. The van der Waals surface area contributed by atoms with Gasteiger partial charge in [0.15, 0.2) is 0 Å². The minimum absolute atomic E-state index is 0.677. The quantitative estimate of drug-likeness (QED) is 0.455. The Bertz CT molecular complexity index is 841. The summed E-state index contributed by atoms with van der Waals surface area (Å²) in [5.74, 6) is 0.677. The number of rotatable bonds is 8. The molecule has 0 radical (unpaired) electrons. The molecule has 0 spiro atoms.